The van der Waals surface area contributed by atoms with Crippen LogP contribution in [-0.4, -0.2) is 96.4 Å². The van der Waals surface area contributed by atoms with Crippen LogP contribution < -0.4 is 25.2 Å². The maximum atomic E-state index is 13.4. The van der Waals surface area contributed by atoms with Crippen LogP contribution in [0.1, 0.15) is 84.7 Å². The monoisotopic (exact) mass is 845 g/mol. The number of morpholine rings is 1. The van der Waals surface area contributed by atoms with Gasteiger partial charge in [-0.3, -0.25) is 39.2 Å². The van der Waals surface area contributed by atoms with Crippen molar-refractivity contribution in [2.24, 2.45) is 5.92 Å². The number of fused-ring (bicyclic) bond motifs is 1. The number of hydrogen-bond acceptors (Lipinski definition) is 11. The van der Waals surface area contributed by atoms with Crippen LogP contribution in [0.5, 0.6) is 5.88 Å². The SMILES string of the molecule is CC.Cc1ncc(NC(=O)c2cccc(C(F)(F)F)c2)cc1-c1cnc(OCC2CCN(c3ccc4c(c3)C(=O)N(C3CCC(=O)NC3=O)C4=O)CC2)c(N2CCOCC2)c1.[HH].[HH]. The maximum absolute atomic E-state index is 13.4. The van der Waals surface area contributed by atoms with Crippen LogP contribution in [0.15, 0.2) is 67.0 Å². The summed E-state index contributed by atoms with van der Waals surface area (Å²) in [5, 5.41) is 4.89. The molecule has 17 heteroatoms. The van der Waals surface area contributed by atoms with Gasteiger partial charge in [0.1, 0.15) is 11.7 Å². The lowest BCUT2D eigenvalue weighted by Crippen LogP contribution is -2.54. The van der Waals surface area contributed by atoms with E-state index in [2.05, 4.69) is 25.4 Å². The minimum absolute atomic E-state index is 0. The number of halogens is 3. The molecule has 0 saturated carbocycles. The van der Waals surface area contributed by atoms with Gasteiger partial charge in [-0.1, -0.05) is 19.9 Å². The molecule has 0 aliphatic carbocycles. The first-order valence-corrected chi connectivity index (χ1v) is 20.4. The fourth-order valence-corrected chi connectivity index (χ4v) is 7.87. The third-order valence-corrected chi connectivity index (χ3v) is 11.2. The van der Waals surface area contributed by atoms with Crippen molar-refractivity contribution in [3.63, 3.8) is 0 Å². The van der Waals surface area contributed by atoms with Crippen LogP contribution in [-0.2, 0) is 20.5 Å². The fraction of sp³-hybridized carbons (Fsp3) is 0.386. The molecule has 3 fully saturated rings. The van der Waals surface area contributed by atoms with Gasteiger partial charge in [0.2, 0.25) is 17.7 Å². The number of amides is 5. The molecule has 0 radical (unpaired) electrons. The molecular weight excluding hydrogens is 796 g/mol. The number of carbonyl (C=O) groups excluding carboxylic acids is 5. The summed E-state index contributed by atoms with van der Waals surface area (Å²) < 4.78 is 51.8. The molecule has 1 atom stereocenters. The van der Waals surface area contributed by atoms with Gasteiger partial charge in [0.25, 0.3) is 17.7 Å². The highest BCUT2D eigenvalue weighted by atomic mass is 19.4. The molecule has 4 aromatic rings. The Morgan fingerprint density at radius 3 is 2.34 bits per heavy atom. The third-order valence-electron chi connectivity index (χ3n) is 11.2. The number of aromatic nitrogens is 2. The highest BCUT2D eigenvalue weighted by Crippen LogP contribution is 2.36. The summed E-state index contributed by atoms with van der Waals surface area (Å²) in [6.45, 7) is 9.87. The van der Waals surface area contributed by atoms with Crippen molar-refractivity contribution >= 4 is 46.6 Å². The summed E-state index contributed by atoms with van der Waals surface area (Å²) in [7, 11) is 0. The second-order valence-electron chi connectivity index (χ2n) is 15.0. The molecule has 4 aliphatic rings. The summed E-state index contributed by atoms with van der Waals surface area (Å²) in [5.74, 6) is -2.20. The number of ether oxygens (including phenoxy) is 2. The lowest BCUT2D eigenvalue weighted by Gasteiger charge is -2.34. The zero-order chi connectivity index (χ0) is 43.4. The number of pyridine rings is 2. The highest BCUT2D eigenvalue weighted by molar-refractivity contribution is 6.23. The number of imide groups is 2. The lowest BCUT2D eigenvalue weighted by atomic mass is 9.97. The Kier molecular flexibility index (Phi) is 12.7. The Balaban J connectivity index is 0.00000184. The van der Waals surface area contributed by atoms with E-state index in [1.54, 1.807) is 24.4 Å². The van der Waals surface area contributed by atoms with Crippen molar-refractivity contribution in [3.05, 3.63) is 94.9 Å². The number of alkyl halides is 3. The van der Waals surface area contributed by atoms with Crippen molar-refractivity contribution < 1.29 is 49.5 Å². The van der Waals surface area contributed by atoms with Crippen LogP contribution in [0, 0.1) is 12.8 Å². The quantitative estimate of drug-likeness (QED) is 0.171. The summed E-state index contributed by atoms with van der Waals surface area (Å²) in [5.41, 5.74) is 3.34. The predicted octanol–water partition coefficient (Wildman–Crippen LogP) is 6.77. The van der Waals surface area contributed by atoms with Gasteiger partial charge in [-0.15, -0.1) is 0 Å². The van der Waals surface area contributed by atoms with Crippen molar-refractivity contribution in [1.82, 2.24) is 20.2 Å². The number of rotatable bonds is 9. The number of carbonyl (C=O) groups is 5. The molecule has 0 spiro atoms. The smallest absolute Gasteiger partial charge is 0.416 e. The molecule has 8 rings (SSSR count). The molecule has 1 unspecified atom stereocenters. The van der Waals surface area contributed by atoms with Gasteiger partial charge >= 0.3 is 6.18 Å². The number of nitrogens with zero attached hydrogens (tertiary/aromatic N) is 5. The Morgan fingerprint density at radius 2 is 1.62 bits per heavy atom. The first-order valence-electron chi connectivity index (χ1n) is 20.4. The van der Waals surface area contributed by atoms with Gasteiger partial charge in [-0.2, -0.15) is 13.2 Å². The van der Waals surface area contributed by atoms with E-state index in [0.717, 1.165) is 41.2 Å². The second-order valence-corrected chi connectivity index (χ2v) is 15.0. The molecule has 4 aliphatic heterocycles. The zero-order valence-electron chi connectivity index (χ0n) is 34.0. The number of nitrogens with one attached hydrogen (secondary N) is 2. The average molecular weight is 846 g/mol. The molecule has 3 saturated heterocycles. The van der Waals surface area contributed by atoms with Crippen LogP contribution in [0.4, 0.5) is 30.2 Å². The third kappa shape index (κ3) is 9.21. The van der Waals surface area contributed by atoms with E-state index in [1.807, 2.05) is 32.9 Å². The highest BCUT2D eigenvalue weighted by Gasteiger charge is 2.45. The van der Waals surface area contributed by atoms with E-state index in [0.29, 0.717) is 74.4 Å². The standard InChI is InChI=1S/C42H40F3N7O7.C2H6.2H2/c1-24-32(19-29(22-46-24)48-37(54)26-3-2-4-28(17-26)42(43,44)45)27-18-35(51-13-15-58-16-14-51)39(47-21-27)59-23-25-9-11-50(12-10-25)30-5-6-31-33(20-30)41(57)52(40(31)56)34-7-8-36(53)49-38(34)55;1-2;;/h2-6,17-22,25,34H,7-16,23H2,1H3,(H,48,54)(H,49,53,55);1-2H3;2*1H. The summed E-state index contributed by atoms with van der Waals surface area (Å²) in [6.07, 6.45) is 0.269. The van der Waals surface area contributed by atoms with Gasteiger partial charge in [0, 0.05) is 69.7 Å². The molecule has 2 aromatic heterocycles. The number of anilines is 3. The van der Waals surface area contributed by atoms with Crippen LogP contribution in [0.25, 0.3) is 11.1 Å². The van der Waals surface area contributed by atoms with Crippen LogP contribution in [0.3, 0.4) is 0 Å². The van der Waals surface area contributed by atoms with E-state index < -0.39 is 47.3 Å². The first kappa shape index (κ1) is 42.8. The molecule has 5 amide bonds. The van der Waals surface area contributed by atoms with Gasteiger partial charge in [-0.25, -0.2) is 4.98 Å². The van der Waals surface area contributed by atoms with E-state index in [9.17, 15) is 37.1 Å². The normalized spacial score (nSPS) is 18.3. The zero-order valence-corrected chi connectivity index (χ0v) is 34.0. The van der Waals surface area contributed by atoms with Crippen LogP contribution in [0.2, 0.25) is 0 Å². The fourth-order valence-electron chi connectivity index (χ4n) is 7.87. The van der Waals surface area contributed by atoms with Crippen molar-refractivity contribution in [2.75, 3.05) is 61.1 Å². The molecule has 324 valence electrons. The number of hydrogen-bond donors (Lipinski definition) is 2. The predicted molar refractivity (Wildman–Crippen MR) is 224 cm³/mol. The van der Waals surface area contributed by atoms with Gasteiger partial charge in [0.05, 0.1) is 48.4 Å². The topological polar surface area (TPSA) is 163 Å². The average Bonchev–Trinajstić information content (AvgIpc) is 3.52. The van der Waals surface area contributed by atoms with E-state index in [1.165, 1.54) is 18.3 Å². The van der Waals surface area contributed by atoms with E-state index in [-0.39, 0.29) is 38.3 Å². The largest absolute Gasteiger partial charge is 0.476 e. The summed E-state index contributed by atoms with van der Waals surface area (Å²) in [4.78, 5) is 78.1. The van der Waals surface area contributed by atoms with Gasteiger partial charge in [0.15, 0.2) is 0 Å². The molecular formula is C44H50F3N7O7. The maximum Gasteiger partial charge on any atom is 0.416 e. The molecule has 61 heavy (non-hydrogen) atoms. The summed E-state index contributed by atoms with van der Waals surface area (Å²) >= 11 is 0. The minimum Gasteiger partial charge on any atom is -0.476 e. The molecule has 14 nitrogen and oxygen atoms in total. The molecule has 2 N–H and O–H groups in total. The van der Waals surface area contributed by atoms with Crippen molar-refractivity contribution in [1.29, 1.82) is 0 Å². The van der Waals surface area contributed by atoms with Crippen LogP contribution >= 0.6 is 0 Å². The van der Waals surface area contributed by atoms with Crippen molar-refractivity contribution in [2.45, 2.75) is 58.7 Å². The number of aryl methyl sites for hydroxylation is 1. The number of benzene rings is 2. The van der Waals surface area contributed by atoms with Crippen molar-refractivity contribution in [3.8, 4) is 17.0 Å². The van der Waals surface area contributed by atoms with E-state index in [4.69, 9.17) is 14.5 Å². The lowest BCUT2D eigenvalue weighted by molar-refractivity contribution is -0.138. The second kappa shape index (κ2) is 18.1. The Morgan fingerprint density at radius 1 is 0.885 bits per heavy atom. The summed E-state index contributed by atoms with van der Waals surface area (Å²) in [6, 6.07) is 12.0. The molecule has 6 heterocycles. The Hall–Kier alpha value is -6.36. The minimum atomic E-state index is -4.58. The van der Waals surface area contributed by atoms with Gasteiger partial charge in [-0.05, 0) is 80.6 Å². The number of piperidine rings is 2. The van der Waals surface area contributed by atoms with Gasteiger partial charge < -0.3 is 24.6 Å². The first-order chi connectivity index (χ1) is 29.3. The Bertz CT molecular complexity index is 2360. The molecule has 0 bridgehead atoms. The Labute approximate surface area is 353 Å². The van der Waals surface area contributed by atoms with E-state index >= 15 is 0 Å². The molecule has 2 aromatic carbocycles.